The molecule has 1 fully saturated rings. The number of hydrogen-bond donors (Lipinski definition) is 1. The van der Waals surface area contributed by atoms with Crippen molar-refractivity contribution >= 4 is 16.6 Å². The van der Waals surface area contributed by atoms with E-state index in [0.29, 0.717) is 17.8 Å². The minimum Gasteiger partial charge on any atom is -0.385 e. The normalized spacial score (nSPS) is 15.1. The van der Waals surface area contributed by atoms with Gasteiger partial charge >= 0.3 is 0 Å². The standard InChI is InChI=1S/C14H14F2N2/c1-2-17-13-7-12(8-3-4-8)18-14-10(13)5-9(15)6-11(14)16/h5-8H,2-4H2,1H3,(H,17,18). The van der Waals surface area contributed by atoms with Crippen molar-refractivity contribution in [1.29, 1.82) is 0 Å². The molecule has 1 aliphatic carbocycles. The lowest BCUT2D eigenvalue weighted by Crippen LogP contribution is -2.01. The van der Waals surface area contributed by atoms with Crippen LogP contribution in [0.25, 0.3) is 10.9 Å². The van der Waals surface area contributed by atoms with Gasteiger partial charge in [0.1, 0.15) is 11.3 Å². The van der Waals surface area contributed by atoms with Crippen molar-refractivity contribution in [3.8, 4) is 0 Å². The van der Waals surface area contributed by atoms with Crippen LogP contribution in [0.3, 0.4) is 0 Å². The van der Waals surface area contributed by atoms with Gasteiger partial charge in [0.15, 0.2) is 5.82 Å². The molecule has 0 bridgehead atoms. The Balaban J connectivity index is 2.26. The van der Waals surface area contributed by atoms with Gasteiger partial charge in [-0.1, -0.05) is 0 Å². The van der Waals surface area contributed by atoms with E-state index in [1.807, 2.05) is 13.0 Å². The Kier molecular flexibility index (Phi) is 2.65. The van der Waals surface area contributed by atoms with E-state index in [9.17, 15) is 8.78 Å². The van der Waals surface area contributed by atoms with Gasteiger partial charge in [0.05, 0.1) is 0 Å². The molecule has 1 heterocycles. The third-order valence-corrected chi connectivity index (χ3v) is 3.21. The molecule has 0 aliphatic heterocycles. The number of aromatic nitrogens is 1. The predicted octanol–water partition coefficient (Wildman–Crippen LogP) is 3.82. The highest BCUT2D eigenvalue weighted by molar-refractivity contribution is 5.92. The largest absolute Gasteiger partial charge is 0.385 e. The van der Waals surface area contributed by atoms with Gasteiger partial charge in [0, 0.05) is 35.3 Å². The minimum atomic E-state index is -0.591. The molecule has 0 atom stereocenters. The number of nitrogens with zero attached hydrogens (tertiary/aromatic N) is 1. The van der Waals surface area contributed by atoms with Gasteiger partial charge in [-0.15, -0.1) is 0 Å². The minimum absolute atomic E-state index is 0.261. The maximum atomic E-state index is 13.8. The Hall–Kier alpha value is -1.71. The first kappa shape index (κ1) is 11.4. The molecule has 0 amide bonds. The molecule has 18 heavy (non-hydrogen) atoms. The van der Waals surface area contributed by atoms with Crippen LogP contribution >= 0.6 is 0 Å². The van der Waals surface area contributed by atoms with Crippen molar-refractivity contribution in [2.24, 2.45) is 0 Å². The number of pyridine rings is 1. The van der Waals surface area contributed by atoms with Crippen LogP contribution in [-0.2, 0) is 0 Å². The molecular weight excluding hydrogens is 234 g/mol. The third kappa shape index (κ3) is 1.92. The summed E-state index contributed by atoms with van der Waals surface area (Å²) in [6.07, 6.45) is 2.21. The number of halogens is 2. The van der Waals surface area contributed by atoms with E-state index in [4.69, 9.17) is 0 Å². The van der Waals surface area contributed by atoms with E-state index in [0.717, 1.165) is 30.3 Å². The highest BCUT2D eigenvalue weighted by Crippen LogP contribution is 2.41. The molecule has 3 rings (SSSR count). The number of anilines is 1. The molecule has 1 N–H and O–H groups in total. The van der Waals surface area contributed by atoms with E-state index >= 15 is 0 Å². The number of rotatable bonds is 3. The molecule has 0 saturated heterocycles. The zero-order valence-electron chi connectivity index (χ0n) is 10.1. The highest BCUT2D eigenvalue weighted by Gasteiger charge is 2.26. The number of hydrogen-bond acceptors (Lipinski definition) is 2. The summed E-state index contributed by atoms with van der Waals surface area (Å²) in [6.45, 7) is 2.67. The maximum Gasteiger partial charge on any atom is 0.152 e. The summed E-state index contributed by atoms with van der Waals surface area (Å²) in [6, 6.07) is 4.14. The monoisotopic (exact) mass is 248 g/mol. The van der Waals surface area contributed by atoms with Crippen LogP contribution in [0.2, 0.25) is 0 Å². The van der Waals surface area contributed by atoms with Crippen LogP contribution < -0.4 is 5.32 Å². The Labute approximate surface area is 104 Å². The second-order valence-corrected chi connectivity index (χ2v) is 4.68. The van der Waals surface area contributed by atoms with Gasteiger partial charge in [-0.25, -0.2) is 13.8 Å². The Bertz CT molecular complexity index is 606. The third-order valence-electron chi connectivity index (χ3n) is 3.21. The number of benzene rings is 1. The quantitative estimate of drug-likeness (QED) is 0.893. The lowest BCUT2D eigenvalue weighted by Gasteiger charge is -2.11. The van der Waals surface area contributed by atoms with Gasteiger partial charge < -0.3 is 5.32 Å². The second kappa shape index (κ2) is 4.19. The SMILES string of the molecule is CCNc1cc(C2CC2)nc2c(F)cc(F)cc12. The fourth-order valence-corrected chi connectivity index (χ4v) is 2.20. The van der Waals surface area contributed by atoms with E-state index < -0.39 is 11.6 Å². The summed E-state index contributed by atoms with van der Waals surface area (Å²) in [5.41, 5.74) is 1.93. The summed E-state index contributed by atoms with van der Waals surface area (Å²) in [5, 5.41) is 3.67. The van der Waals surface area contributed by atoms with Crippen molar-refractivity contribution in [2.75, 3.05) is 11.9 Å². The van der Waals surface area contributed by atoms with Crippen LogP contribution in [0.1, 0.15) is 31.4 Å². The van der Waals surface area contributed by atoms with Crippen LogP contribution in [0.5, 0.6) is 0 Å². The Morgan fingerprint density at radius 3 is 2.72 bits per heavy atom. The second-order valence-electron chi connectivity index (χ2n) is 4.68. The van der Waals surface area contributed by atoms with Crippen molar-refractivity contribution < 1.29 is 8.78 Å². The number of fused-ring (bicyclic) bond motifs is 1. The van der Waals surface area contributed by atoms with Gasteiger partial charge in [0.25, 0.3) is 0 Å². The summed E-state index contributed by atoms with van der Waals surface area (Å²) in [7, 11) is 0. The summed E-state index contributed by atoms with van der Waals surface area (Å²) in [4.78, 5) is 4.34. The average Bonchev–Trinajstić information content (AvgIpc) is 3.14. The van der Waals surface area contributed by atoms with Crippen LogP contribution in [0, 0.1) is 11.6 Å². The van der Waals surface area contributed by atoms with E-state index in [1.165, 1.54) is 6.07 Å². The lowest BCUT2D eigenvalue weighted by molar-refractivity contribution is 0.590. The van der Waals surface area contributed by atoms with Crippen molar-refractivity contribution in [2.45, 2.75) is 25.7 Å². The van der Waals surface area contributed by atoms with Gasteiger partial charge in [-0.05, 0) is 31.9 Å². The molecule has 1 saturated carbocycles. The molecule has 2 nitrogen and oxygen atoms in total. The van der Waals surface area contributed by atoms with Crippen LogP contribution in [0.4, 0.5) is 14.5 Å². The fourth-order valence-electron chi connectivity index (χ4n) is 2.20. The van der Waals surface area contributed by atoms with E-state index in [-0.39, 0.29) is 5.52 Å². The van der Waals surface area contributed by atoms with Gasteiger partial charge in [-0.2, -0.15) is 0 Å². The lowest BCUT2D eigenvalue weighted by atomic mass is 10.1. The highest BCUT2D eigenvalue weighted by atomic mass is 19.1. The van der Waals surface area contributed by atoms with Crippen molar-refractivity contribution in [1.82, 2.24) is 4.98 Å². The molecule has 1 aromatic heterocycles. The first-order chi connectivity index (χ1) is 8.69. The topological polar surface area (TPSA) is 24.9 Å². The fraction of sp³-hybridized carbons (Fsp3) is 0.357. The summed E-state index contributed by atoms with van der Waals surface area (Å²) >= 11 is 0. The summed E-state index contributed by atoms with van der Waals surface area (Å²) in [5.74, 6) is -0.719. The predicted molar refractivity (Wildman–Crippen MR) is 67.8 cm³/mol. The first-order valence-corrected chi connectivity index (χ1v) is 6.22. The molecule has 2 aromatic rings. The Morgan fingerprint density at radius 2 is 2.06 bits per heavy atom. The van der Waals surface area contributed by atoms with Crippen molar-refractivity contribution in [3.63, 3.8) is 0 Å². The molecule has 0 spiro atoms. The maximum absolute atomic E-state index is 13.8. The van der Waals surface area contributed by atoms with Crippen LogP contribution in [-0.4, -0.2) is 11.5 Å². The van der Waals surface area contributed by atoms with Gasteiger partial charge in [0.2, 0.25) is 0 Å². The van der Waals surface area contributed by atoms with Crippen molar-refractivity contribution in [3.05, 3.63) is 35.5 Å². The molecular formula is C14H14F2N2. The van der Waals surface area contributed by atoms with Crippen LogP contribution in [0.15, 0.2) is 18.2 Å². The number of nitrogens with one attached hydrogen (secondary N) is 1. The summed E-state index contributed by atoms with van der Waals surface area (Å²) < 4.78 is 27.1. The molecule has 4 heteroatoms. The molecule has 94 valence electrons. The molecule has 0 unspecified atom stereocenters. The first-order valence-electron chi connectivity index (χ1n) is 6.22. The Morgan fingerprint density at radius 1 is 1.28 bits per heavy atom. The average molecular weight is 248 g/mol. The zero-order chi connectivity index (χ0) is 12.7. The van der Waals surface area contributed by atoms with E-state index in [2.05, 4.69) is 10.3 Å². The zero-order valence-corrected chi connectivity index (χ0v) is 10.1. The van der Waals surface area contributed by atoms with Gasteiger partial charge in [-0.3, -0.25) is 0 Å². The van der Waals surface area contributed by atoms with E-state index in [1.54, 1.807) is 0 Å². The molecule has 1 aliphatic rings. The molecule has 1 aromatic carbocycles. The molecule has 0 radical (unpaired) electrons. The smallest absolute Gasteiger partial charge is 0.152 e.